The number of benzene rings is 1. The molecule has 8 nitrogen and oxygen atoms in total. The Bertz CT molecular complexity index is 1380. The highest BCUT2D eigenvalue weighted by Crippen LogP contribution is 2.31. The molecule has 0 bridgehead atoms. The summed E-state index contributed by atoms with van der Waals surface area (Å²) in [4.78, 5) is 41.4. The number of piperidine rings is 1. The van der Waals surface area contributed by atoms with E-state index in [0.717, 1.165) is 35.8 Å². The van der Waals surface area contributed by atoms with Gasteiger partial charge in [0.05, 0.1) is 17.7 Å². The molecule has 1 N–H and O–H groups in total. The second-order valence-corrected chi connectivity index (χ2v) is 9.18. The quantitative estimate of drug-likeness (QED) is 0.421. The van der Waals surface area contributed by atoms with Gasteiger partial charge in [0, 0.05) is 47.4 Å². The maximum atomic E-state index is 13.6. The average Bonchev–Trinajstić information content (AvgIpc) is 2.87. The van der Waals surface area contributed by atoms with Gasteiger partial charge in [-0.25, -0.2) is 4.98 Å². The number of hydrogen-bond acceptors (Lipinski definition) is 6. The molecule has 1 aliphatic rings. The zero-order valence-electron chi connectivity index (χ0n) is 18.4. The maximum Gasteiger partial charge on any atom is 0.295 e. The highest BCUT2D eigenvalue weighted by atomic mass is 79.9. The molecule has 1 fully saturated rings. The number of rotatable bonds is 5. The minimum Gasteiger partial charge on any atom is -0.302 e. The van der Waals surface area contributed by atoms with E-state index in [2.05, 4.69) is 47.2 Å². The lowest BCUT2D eigenvalue weighted by Gasteiger charge is -2.36. The number of nitrogens with zero attached hydrogens (tertiary/aromatic N) is 5. The van der Waals surface area contributed by atoms with Crippen molar-refractivity contribution in [3.8, 4) is 0 Å². The SMILES string of the molecule is O=C(Nc1nc2cc(Br)ccc2n(CN2CCCCC2c2cccnc2)c1=O)c1ccncc1. The highest BCUT2D eigenvalue weighted by molar-refractivity contribution is 9.10. The van der Waals surface area contributed by atoms with Crippen LogP contribution in [0.15, 0.2) is 76.5 Å². The van der Waals surface area contributed by atoms with E-state index in [1.54, 1.807) is 22.9 Å². The van der Waals surface area contributed by atoms with Gasteiger partial charge in [-0.15, -0.1) is 0 Å². The zero-order chi connectivity index (χ0) is 23.5. The lowest BCUT2D eigenvalue weighted by Crippen LogP contribution is -2.39. The molecule has 1 atom stereocenters. The van der Waals surface area contributed by atoms with Crippen molar-refractivity contribution in [2.24, 2.45) is 0 Å². The largest absolute Gasteiger partial charge is 0.302 e. The van der Waals surface area contributed by atoms with Crippen LogP contribution < -0.4 is 10.9 Å². The summed E-state index contributed by atoms with van der Waals surface area (Å²) >= 11 is 3.49. The van der Waals surface area contributed by atoms with Crippen LogP contribution in [0.5, 0.6) is 0 Å². The van der Waals surface area contributed by atoms with Gasteiger partial charge in [0.1, 0.15) is 0 Å². The standard InChI is InChI=1S/C25H23BrN6O2/c26-19-6-7-22-20(14-19)29-23(30-24(33)17-8-11-27-12-9-17)25(34)32(22)16-31-13-2-1-5-21(31)18-4-3-10-28-15-18/h3-4,6-12,14-15,21H,1-2,5,13,16H2,(H,29,30,33). The number of anilines is 1. The molecule has 1 aromatic carbocycles. The average molecular weight is 519 g/mol. The van der Waals surface area contributed by atoms with E-state index >= 15 is 0 Å². The number of hydrogen-bond donors (Lipinski definition) is 1. The molecule has 3 aromatic heterocycles. The van der Waals surface area contributed by atoms with E-state index in [0.29, 0.717) is 23.3 Å². The molecule has 1 unspecified atom stereocenters. The van der Waals surface area contributed by atoms with Crippen molar-refractivity contribution in [1.29, 1.82) is 0 Å². The van der Waals surface area contributed by atoms with Crippen molar-refractivity contribution >= 4 is 38.7 Å². The Balaban J connectivity index is 1.55. The van der Waals surface area contributed by atoms with Crippen LogP contribution in [0.1, 0.15) is 41.2 Å². The molecule has 34 heavy (non-hydrogen) atoms. The summed E-state index contributed by atoms with van der Waals surface area (Å²) in [5.74, 6) is -0.401. The van der Waals surface area contributed by atoms with Crippen LogP contribution in [0.3, 0.4) is 0 Å². The van der Waals surface area contributed by atoms with Crippen LogP contribution in [-0.4, -0.2) is 36.9 Å². The summed E-state index contributed by atoms with van der Waals surface area (Å²) in [7, 11) is 0. The van der Waals surface area contributed by atoms with Crippen LogP contribution in [0.25, 0.3) is 11.0 Å². The minimum atomic E-state index is -0.404. The molecule has 4 aromatic rings. The van der Waals surface area contributed by atoms with Gasteiger partial charge in [-0.05, 0) is 54.8 Å². The molecule has 9 heteroatoms. The first-order valence-electron chi connectivity index (χ1n) is 11.2. The number of amides is 1. The predicted molar refractivity (Wildman–Crippen MR) is 133 cm³/mol. The van der Waals surface area contributed by atoms with E-state index in [1.807, 2.05) is 30.5 Å². The van der Waals surface area contributed by atoms with Crippen LogP contribution in [-0.2, 0) is 6.67 Å². The normalized spacial score (nSPS) is 16.4. The van der Waals surface area contributed by atoms with Crippen molar-refractivity contribution < 1.29 is 4.79 Å². The predicted octanol–water partition coefficient (Wildman–Crippen LogP) is 4.39. The summed E-state index contributed by atoms with van der Waals surface area (Å²) in [6, 6.07) is 13.0. The number of halogens is 1. The van der Waals surface area contributed by atoms with Gasteiger partial charge in [-0.1, -0.05) is 28.4 Å². The molecule has 0 aliphatic carbocycles. The molecule has 0 radical (unpaired) electrons. The van der Waals surface area contributed by atoms with Crippen molar-refractivity contribution in [3.63, 3.8) is 0 Å². The number of likely N-dealkylation sites (tertiary alicyclic amines) is 1. The van der Waals surface area contributed by atoms with Gasteiger partial charge in [-0.3, -0.25) is 29.0 Å². The summed E-state index contributed by atoms with van der Waals surface area (Å²) in [5.41, 5.74) is 2.54. The molecule has 1 saturated heterocycles. The Hall–Kier alpha value is -3.43. The Labute approximate surface area is 204 Å². The van der Waals surface area contributed by atoms with Gasteiger partial charge in [0.25, 0.3) is 11.5 Å². The fraction of sp³-hybridized carbons (Fsp3) is 0.240. The van der Waals surface area contributed by atoms with Crippen molar-refractivity contribution in [2.45, 2.75) is 32.0 Å². The van der Waals surface area contributed by atoms with E-state index in [1.165, 1.54) is 12.4 Å². The monoisotopic (exact) mass is 518 g/mol. The van der Waals surface area contributed by atoms with Gasteiger partial charge < -0.3 is 5.32 Å². The van der Waals surface area contributed by atoms with Crippen molar-refractivity contribution in [1.82, 2.24) is 24.4 Å². The third kappa shape index (κ3) is 4.62. The van der Waals surface area contributed by atoms with Gasteiger partial charge in [0.2, 0.25) is 0 Å². The van der Waals surface area contributed by atoms with Crippen molar-refractivity contribution in [3.05, 3.63) is 93.2 Å². The second-order valence-electron chi connectivity index (χ2n) is 8.27. The Morgan fingerprint density at radius 1 is 1.09 bits per heavy atom. The first-order valence-corrected chi connectivity index (χ1v) is 11.9. The van der Waals surface area contributed by atoms with Crippen molar-refractivity contribution in [2.75, 3.05) is 11.9 Å². The Kier molecular flexibility index (Phi) is 6.46. The number of carbonyl (C=O) groups is 1. The minimum absolute atomic E-state index is 0.00218. The lowest BCUT2D eigenvalue weighted by atomic mass is 9.97. The topological polar surface area (TPSA) is 93.0 Å². The molecular weight excluding hydrogens is 496 g/mol. The number of aromatic nitrogens is 4. The maximum absolute atomic E-state index is 13.6. The fourth-order valence-electron chi connectivity index (χ4n) is 4.42. The number of nitrogens with one attached hydrogen (secondary N) is 1. The summed E-state index contributed by atoms with van der Waals surface area (Å²) in [5, 5.41) is 2.70. The Morgan fingerprint density at radius 2 is 1.94 bits per heavy atom. The first-order chi connectivity index (χ1) is 16.6. The summed E-state index contributed by atoms with van der Waals surface area (Å²) in [6.07, 6.45) is 9.93. The molecule has 1 aliphatic heterocycles. The Morgan fingerprint density at radius 3 is 2.74 bits per heavy atom. The summed E-state index contributed by atoms with van der Waals surface area (Å²) < 4.78 is 2.54. The molecular formula is C25H23BrN6O2. The van der Waals surface area contributed by atoms with E-state index in [9.17, 15) is 9.59 Å². The number of carbonyl (C=O) groups excluding carboxylic acids is 1. The van der Waals surface area contributed by atoms with Crippen LogP contribution in [0, 0.1) is 0 Å². The number of fused-ring (bicyclic) bond motifs is 1. The molecule has 172 valence electrons. The van der Waals surface area contributed by atoms with Crippen LogP contribution in [0.2, 0.25) is 0 Å². The van der Waals surface area contributed by atoms with Gasteiger partial charge in [0.15, 0.2) is 5.82 Å². The second kappa shape index (κ2) is 9.82. The third-order valence-electron chi connectivity index (χ3n) is 6.09. The lowest BCUT2D eigenvalue weighted by molar-refractivity contribution is 0.102. The molecule has 5 rings (SSSR count). The highest BCUT2D eigenvalue weighted by Gasteiger charge is 2.26. The van der Waals surface area contributed by atoms with E-state index < -0.39 is 5.91 Å². The molecule has 0 saturated carbocycles. The van der Waals surface area contributed by atoms with Crippen LogP contribution >= 0.6 is 15.9 Å². The van der Waals surface area contributed by atoms with E-state index in [-0.39, 0.29) is 17.4 Å². The van der Waals surface area contributed by atoms with Crippen LogP contribution in [0.4, 0.5) is 5.82 Å². The molecule has 4 heterocycles. The summed E-state index contributed by atoms with van der Waals surface area (Å²) in [6.45, 7) is 1.25. The van der Waals surface area contributed by atoms with Gasteiger partial charge >= 0.3 is 0 Å². The first kappa shape index (κ1) is 22.4. The van der Waals surface area contributed by atoms with Gasteiger partial charge in [-0.2, -0.15) is 0 Å². The third-order valence-corrected chi connectivity index (χ3v) is 6.58. The fourth-order valence-corrected chi connectivity index (χ4v) is 4.77. The zero-order valence-corrected chi connectivity index (χ0v) is 20.0. The molecule has 0 spiro atoms. The molecule has 1 amide bonds. The number of pyridine rings is 2. The van der Waals surface area contributed by atoms with E-state index in [4.69, 9.17) is 0 Å². The smallest absolute Gasteiger partial charge is 0.295 e.